The van der Waals surface area contributed by atoms with Crippen molar-refractivity contribution >= 4 is 43.9 Å². The molecule has 4 rings (SSSR count). The fourth-order valence-corrected chi connectivity index (χ4v) is 3.20. The molecule has 0 aliphatic rings. The lowest BCUT2D eigenvalue weighted by molar-refractivity contribution is -0.118. The zero-order valence-electron chi connectivity index (χ0n) is 12.6. The second kappa shape index (κ2) is 6.25. The minimum Gasteiger partial charge on any atom is -0.467 e. The van der Waals surface area contributed by atoms with Crippen molar-refractivity contribution in [2.75, 3.05) is 11.9 Å². The number of nitrogens with zero attached hydrogens (tertiary/aromatic N) is 2. The average Bonchev–Trinajstić information content (AvgIpc) is 3.09. The standard InChI is InChI=1S/C18H13N3O2S/c22-16(10-23-17-15-7-8-24-18(15)20-11-19-17)21-14-6-5-12-3-1-2-4-13(12)9-14/h1-9,11H,10H2,(H,21,22). The Hall–Kier alpha value is -2.99. The highest BCUT2D eigenvalue weighted by atomic mass is 32.1. The van der Waals surface area contributed by atoms with Gasteiger partial charge in [-0.1, -0.05) is 30.3 Å². The van der Waals surface area contributed by atoms with E-state index in [0.29, 0.717) is 5.88 Å². The van der Waals surface area contributed by atoms with E-state index in [4.69, 9.17) is 4.74 Å². The Balaban J connectivity index is 1.45. The summed E-state index contributed by atoms with van der Waals surface area (Å²) >= 11 is 1.51. The van der Waals surface area contributed by atoms with Crippen molar-refractivity contribution in [3.05, 3.63) is 60.2 Å². The maximum atomic E-state index is 12.1. The number of amides is 1. The van der Waals surface area contributed by atoms with Gasteiger partial charge >= 0.3 is 0 Å². The van der Waals surface area contributed by atoms with Gasteiger partial charge in [-0.2, -0.15) is 0 Å². The van der Waals surface area contributed by atoms with Crippen LogP contribution in [0, 0.1) is 0 Å². The quantitative estimate of drug-likeness (QED) is 0.615. The predicted molar refractivity (Wildman–Crippen MR) is 95.5 cm³/mol. The van der Waals surface area contributed by atoms with Crippen LogP contribution in [0.2, 0.25) is 0 Å². The molecule has 0 aliphatic carbocycles. The molecule has 2 aromatic carbocycles. The molecule has 118 valence electrons. The van der Waals surface area contributed by atoms with E-state index in [2.05, 4.69) is 15.3 Å². The second-order valence-corrected chi connectivity index (χ2v) is 6.11. The van der Waals surface area contributed by atoms with Gasteiger partial charge in [0.2, 0.25) is 5.88 Å². The van der Waals surface area contributed by atoms with Crippen LogP contribution >= 0.6 is 11.3 Å². The van der Waals surface area contributed by atoms with Crippen LogP contribution in [0.25, 0.3) is 21.0 Å². The number of carbonyl (C=O) groups is 1. The summed E-state index contributed by atoms with van der Waals surface area (Å²) in [5.74, 6) is 0.196. The van der Waals surface area contributed by atoms with Crippen LogP contribution in [0.4, 0.5) is 5.69 Å². The first kappa shape index (κ1) is 14.6. The Morgan fingerprint density at radius 1 is 1.08 bits per heavy atom. The number of nitrogens with one attached hydrogen (secondary N) is 1. The smallest absolute Gasteiger partial charge is 0.262 e. The highest BCUT2D eigenvalue weighted by molar-refractivity contribution is 7.16. The largest absolute Gasteiger partial charge is 0.467 e. The van der Waals surface area contributed by atoms with Gasteiger partial charge < -0.3 is 10.1 Å². The van der Waals surface area contributed by atoms with Crippen LogP contribution in [-0.4, -0.2) is 22.5 Å². The average molecular weight is 335 g/mol. The molecule has 4 aromatic rings. The minimum atomic E-state index is -0.229. The monoisotopic (exact) mass is 335 g/mol. The van der Waals surface area contributed by atoms with Crippen LogP contribution in [0.15, 0.2) is 60.2 Å². The van der Waals surface area contributed by atoms with Crippen LogP contribution in [0.3, 0.4) is 0 Å². The number of ether oxygens (including phenoxy) is 1. The van der Waals surface area contributed by atoms with Crippen LogP contribution in [-0.2, 0) is 4.79 Å². The normalized spacial score (nSPS) is 10.8. The van der Waals surface area contributed by atoms with Crippen molar-refractivity contribution in [3.63, 3.8) is 0 Å². The van der Waals surface area contributed by atoms with Gasteiger partial charge in [0.25, 0.3) is 5.91 Å². The van der Waals surface area contributed by atoms with Crippen molar-refractivity contribution in [2.24, 2.45) is 0 Å². The molecule has 0 saturated carbocycles. The zero-order valence-corrected chi connectivity index (χ0v) is 13.4. The van der Waals surface area contributed by atoms with E-state index < -0.39 is 0 Å². The van der Waals surface area contributed by atoms with Gasteiger partial charge in [-0.3, -0.25) is 4.79 Å². The third kappa shape index (κ3) is 2.91. The number of fused-ring (bicyclic) bond motifs is 2. The summed E-state index contributed by atoms with van der Waals surface area (Å²) in [6.45, 7) is -0.102. The summed E-state index contributed by atoms with van der Waals surface area (Å²) in [5, 5.41) is 7.79. The lowest BCUT2D eigenvalue weighted by Gasteiger charge is -2.08. The number of hydrogen-bond acceptors (Lipinski definition) is 5. The first-order chi connectivity index (χ1) is 11.8. The molecule has 0 unspecified atom stereocenters. The lowest BCUT2D eigenvalue weighted by Crippen LogP contribution is -2.20. The van der Waals surface area contributed by atoms with Gasteiger partial charge in [0.1, 0.15) is 11.2 Å². The molecular formula is C18H13N3O2S. The summed E-state index contributed by atoms with van der Waals surface area (Å²) in [7, 11) is 0. The maximum absolute atomic E-state index is 12.1. The molecule has 0 bridgehead atoms. The molecule has 6 heteroatoms. The van der Waals surface area contributed by atoms with Crippen LogP contribution in [0.1, 0.15) is 0 Å². The number of hydrogen-bond donors (Lipinski definition) is 1. The first-order valence-corrected chi connectivity index (χ1v) is 8.27. The number of rotatable bonds is 4. The molecule has 0 saturated heterocycles. The fourth-order valence-electron chi connectivity index (χ4n) is 2.48. The van der Waals surface area contributed by atoms with Crippen LogP contribution in [0.5, 0.6) is 5.88 Å². The molecule has 24 heavy (non-hydrogen) atoms. The zero-order chi connectivity index (χ0) is 16.4. The topological polar surface area (TPSA) is 64.1 Å². The first-order valence-electron chi connectivity index (χ1n) is 7.39. The fraction of sp³-hybridized carbons (Fsp3) is 0.0556. The van der Waals surface area contributed by atoms with E-state index in [0.717, 1.165) is 26.7 Å². The van der Waals surface area contributed by atoms with Gasteiger partial charge in [0.15, 0.2) is 6.61 Å². The van der Waals surface area contributed by atoms with Crippen molar-refractivity contribution in [2.45, 2.75) is 0 Å². The molecule has 2 aromatic heterocycles. The van der Waals surface area contributed by atoms with Crippen molar-refractivity contribution < 1.29 is 9.53 Å². The molecule has 0 spiro atoms. The van der Waals surface area contributed by atoms with E-state index in [1.165, 1.54) is 17.7 Å². The van der Waals surface area contributed by atoms with Crippen molar-refractivity contribution in [1.82, 2.24) is 9.97 Å². The molecule has 0 radical (unpaired) electrons. The Bertz CT molecular complexity index is 1030. The van der Waals surface area contributed by atoms with Gasteiger partial charge in [-0.05, 0) is 34.4 Å². The Kier molecular flexibility index (Phi) is 3.80. The summed E-state index contributed by atoms with van der Waals surface area (Å²) in [4.78, 5) is 21.2. The summed E-state index contributed by atoms with van der Waals surface area (Å²) in [5.41, 5.74) is 0.741. The lowest BCUT2D eigenvalue weighted by atomic mass is 10.1. The predicted octanol–water partition coefficient (Wildman–Crippen LogP) is 3.86. The van der Waals surface area contributed by atoms with Crippen molar-refractivity contribution in [3.8, 4) is 5.88 Å². The number of thiophene rings is 1. The van der Waals surface area contributed by atoms with Crippen LogP contribution < -0.4 is 10.1 Å². The molecule has 1 N–H and O–H groups in total. The Morgan fingerprint density at radius 2 is 1.96 bits per heavy atom. The molecule has 0 aliphatic heterocycles. The molecule has 0 atom stereocenters. The summed E-state index contributed by atoms with van der Waals surface area (Å²) in [6, 6.07) is 15.7. The van der Waals surface area contributed by atoms with E-state index in [1.807, 2.05) is 53.9 Å². The van der Waals surface area contributed by atoms with Crippen molar-refractivity contribution in [1.29, 1.82) is 0 Å². The third-order valence-electron chi connectivity index (χ3n) is 3.60. The van der Waals surface area contributed by atoms with Gasteiger partial charge in [0, 0.05) is 5.69 Å². The second-order valence-electron chi connectivity index (χ2n) is 5.22. The Morgan fingerprint density at radius 3 is 2.88 bits per heavy atom. The molecule has 1 amide bonds. The van der Waals surface area contributed by atoms with Gasteiger partial charge in [0.05, 0.1) is 5.39 Å². The van der Waals surface area contributed by atoms with Gasteiger partial charge in [-0.25, -0.2) is 9.97 Å². The summed E-state index contributed by atoms with van der Waals surface area (Å²) < 4.78 is 5.54. The number of carbonyl (C=O) groups excluding carboxylic acids is 1. The van der Waals surface area contributed by atoms with Gasteiger partial charge in [-0.15, -0.1) is 11.3 Å². The number of aromatic nitrogens is 2. The Labute approximate surface area is 141 Å². The van der Waals surface area contributed by atoms with E-state index in [1.54, 1.807) is 0 Å². The van der Waals surface area contributed by atoms with E-state index in [9.17, 15) is 4.79 Å². The third-order valence-corrected chi connectivity index (χ3v) is 4.42. The SMILES string of the molecule is O=C(COc1ncnc2sccc12)Nc1ccc2ccccc2c1. The van der Waals surface area contributed by atoms with E-state index in [-0.39, 0.29) is 12.5 Å². The highest BCUT2D eigenvalue weighted by Crippen LogP contribution is 2.25. The van der Waals surface area contributed by atoms with E-state index >= 15 is 0 Å². The molecule has 2 heterocycles. The molecule has 0 fully saturated rings. The summed E-state index contributed by atoms with van der Waals surface area (Å²) in [6.07, 6.45) is 1.44. The maximum Gasteiger partial charge on any atom is 0.262 e. The molecular weight excluding hydrogens is 322 g/mol. The number of benzene rings is 2. The minimum absolute atomic E-state index is 0.102. The number of anilines is 1. The highest BCUT2D eigenvalue weighted by Gasteiger charge is 2.09. The molecule has 5 nitrogen and oxygen atoms in total.